The minimum Gasteiger partial charge on any atom is -0.508 e. The summed E-state index contributed by atoms with van der Waals surface area (Å²) in [6.07, 6.45) is 4.30. The maximum absolute atomic E-state index is 12.7. The molecule has 2 N–H and O–H groups in total. The lowest BCUT2D eigenvalue weighted by Crippen LogP contribution is -2.45. The molecule has 1 aromatic carbocycles. The van der Waals surface area contributed by atoms with Crippen LogP contribution in [0.25, 0.3) is 0 Å². The monoisotopic (exact) mass is 314 g/mol. The van der Waals surface area contributed by atoms with Crippen LogP contribution in [0.15, 0.2) is 40.8 Å². The largest absolute Gasteiger partial charge is 0.508 e. The molecule has 0 unspecified atom stereocenters. The summed E-state index contributed by atoms with van der Waals surface area (Å²) < 4.78 is 5.49. The van der Waals surface area contributed by atoms with Crippen molar-refractivity contribution in [3.05, 3.63) is 47.9 Å². The molecule has 0 spiro atoms. The molecule has 2 amide bonds. The van der Waals surface area contributed by atoms with Gasteiger partial charge in [0.1, 0.15) is 17.3 Å². The number of rotatable bonds is 4. The number of aromatic hydroxyl groups is 1. The summed E-state index contributed by atoms with van der Waals surface area (Å²) in [5.41, 5.74) is 0.808. The lowest BCUT2D eigenvalue weighted by atomic mass is 10.2. The van der Waals surface area contributed by atoms with Crippen LogP contribution in [0, 0.1) is 6.92 Å². The van der Waals surface area contributed by atoms with Crippen molar-refractivity contribution in [2.24, 2.45) is 0 Å². The molecule has 0 atom stereocenters. The SMILES string of the molecule is Cc1ccc(CNC(=O)N(c2ccc(O)cc2)C2CCCC2)o1. The van der Waals surface area contributed by atoms with Crippen molar-refractivity contribution >= 4 is 11.7 Å². The molecular formula is C18H22N2O3. The number of anilines is 1. The number of nitrogens with zero attached hydrogens (tertiary/aromatic N) is 1. The molecule has 1 saturated carbocycles. The van der Waals surface area contributed by atoms with Gasteiger partial charge in [-0.3, -0.25) is 4.90 Å². The molecule has 3 rings (SSSR count). The first-order valence-corrected chi connectivity index (χ1v) is 8.05. The first-order valence-electron chi connectivity index (χ1n) is 8.05. The number of hydrogen-bond donors (Lipinski definition) is 2. The molecule has 5 nitrogen and oxygen atoms in total. The number of hydrogen-bond acceptors (Lipinski definition) is 3. The second-order valence-corrected chi connectivity index (χ2v) is 6.00. The number of amides is 2. The highest BCUT2D eigenvalue weighted by Gasteiger charge is 2.28. The van der Waals surface area contributed by atoms with Crippen LogP contribution in [0.2, 0.25) is 0 Å². The summed E-state index contributed by atoms with van der Waals surface area (Å²) in [5, 5.41) is 12.4. The van der Waals surface area contributed by atoms with E-state index in [2.05, 4.69) is 5.32 Å². The Balaban J connectivity index is 1.74. The average Bonchev–Trinajstić information content (AvgIpc) is 3.19. The van der Waals surface area contributed by atoms with Gasteiger partial charge in [-0.15, -0.1) is 0 Å². The van der Waals surface area contributed by atoms with Crippen molar-refractivity contribution in [3.63, 3.8) is 0 Å². The lowest BCUT2D eigenvalue weighted by Gasteiger charge is -2.29. The third-order valence-corrected chi connectivity index (χ3v) is 4.25. The van der Waals surface area contributed by atoms with Crippen molar-refractivity contribution in [1.29, 1.82) is 0 Å². The van der Waals surface area contributed by atoms with Gasteiger partial charge in [-0.2, -0.15) is 0 Å². The van der Waals surface area contributed by atoms with Crippen LogP contribution in [0.4, 0.5) is 10.5 Å². The Bertz CT molecular complexity index is 657. The third kappa shape index (κ3) is 3.67. The van der Waals surface area contributed by atoms with E-state index in [0.29, 0.717) is 6.54 Å². The van der Waals surface area contributed by atoms with Gasteiger partial charge in [0, 0.05) is 11.7 Å². The predicted octanol–water partition coefficient (Wildman–Crippen LogP) is 3.95. The van der Waals surface area contributed by atoms with E-state index >= 15 is 0 Å². The van der Waals surface area contributed by atoms with Crippen LogP contribution in [0.3, 0.4) is 0 Å². The highest BCUT2D eigenvalue weighted by Crippen LogP contribution is 2.29. The van der Waals surface area contributed by atoms with E-state index in [9.17, 15) is 9.90 Å². The molecule has 23 heavy (non-hydrogen) atoms. The molecule has 2 aromatic rings. The fourth-order valence-electron chi connectivity index (χ4n) is 3.10. The molecule has 0 bridgehead atoms. The summed E-state index contributed by atoms with van der Waals surface area (Å²) in [6, 6.07) is 10.6. The highest BCUT2D eigenvalue weighted by atomic mass is 16.3. The summed E-state index contributed by atoms with van der Waals surface area (Å²) in [4.78, 5) is 14.5. The standard InChI is InChI=1S/C18H22N2O3/c1-13-6-11-17(23-13)12-19-18(22)20(14-4-2-3-5-14)15-7-9-16(21)10-8-15/h6-11,14,21H,2-5,12H2,1H3,(H,19,22). The first kappa shape index (κ1) is 15.5. The summed E-state index contributed by atoms with van der Waals surface area (Å²) in [7, 11) is 0. The Hall–Kier alpha value is -2.43. The maximum Gasteiger partial charge on any atom is 0.322 e. The molecule has 1 fully saturated rings. The van der Waals surface area contributed by atoms with Gasteiger partial charge in [-0.1, -0.05) is 12.8 Å². The molecule has 0 saturated heterocycles. The predicted molar refractivity (Wildman–Crippen MR) is 88.5 cm³/mol. The molecule has 122 valence electrons. The van der Waals surface area contributed by atoms with Crippen LogP contribution in [0.1, 0.15) is 37.2 Å². The molecule has 1 heterocycles. The van der Waals surface area contributed by atoms with E-state index in [4.69, 9.17) is 4.42 Å². The zero-order chi connectivity index (χ0) is 16.2. The Morgan fingerprint density at radius 2 is 1.91 bits per heavy atom. The van der Waals surface area contributed by atoms with Crippen LogP contribution >= 0.6 is 0 Å². The van der Waals surface area contributed by atoms with Crippen LogP contribution < -0.4 is 10.2 Å². The van der Waals surface area contributed by atoms with E-state index in [1.807, 2.05) is 24.0 Å². The smallest absolute Gasteiger partial charge is 0.322 e. The van der Waals surface area contributed by atoms with Gasteiger partial charge in [-0.05, 0) is 56.2 Å². The normalized spacial score (nSPS) is 14.8. The Morgan fingerprint density at radius 1 is 1.22 bits per heavy atom. The average molecular weight is 314 g/mol. The number of aryl methyl sites for hydroxylation is 1. The van der Waals surface area contributed by atoms with Crippen LogP contribution in [-0.4, -0.2) is 17.2 Å². The summed E-state index contributed by atoms with van der Waals surface area (Å²) in [5.74, 6) is 1.78. The van der Waals surface area contributed by atoms with Gasteiger partial charge in [-0.25, -0.2) is 4.79 Å². The number of urea groups is 1. The van der Waals surface area contributed by atoms with E-state index < -0.39 is 0 Å². The Labute approximate surface area is 135 Å². The quantitative estimate of drug-likeness (QED) is 0.898. The highest BCUT2D eigenvalue weighted by molar-refractivity contribution is 5.92. The van der Waals surface area contributed by atoms with Gasteiger partial charge in [0.25, 0.3) is 0 Å². The van der Waals surface area contributed by atoms with Crippen LogP contribution in [0.5, 0.6) is 5.75 Å². The number of benzene rings is 1. The number of phenolic OH excluding ortho intramolecular Hbond substituents is 1. The fraction of sp³-hybridized carbons (Fsp3) is 0.389. The van der Waals surface area contributed by atoms with Gasteiger partial charge >= 0.3 is 6.03 Å². The number of nitrogens with one attached hydrogen (secondary N) is 1. The van der Waals surface area contributed by atoms with Crippen molar-refractivity contribution in [2.45, 2.75) is 45.2 Å². The van der Waals surface area contributed by atoms with Crippen molar-refractivity contribution < 1.29 is 14.3 Å². The lowest BCUT2D eigenvalue weighted by molar-refractivity contribution is 0.242. The number of phenols is 1. The Kier molecular flexibility index (Phi) is 4.55. The molecule has 0 aliphatic heterocycles. The molecule has 1 aliphatic rings. The van der Waals surface area contributed by atoms with Gasteiger partial charge < -0.3 is 14.8 Å². The van der Waals surface area contributed by atoms with Gasteiger partial charge in [0.15, 0.2) is 0 Å². The van der Waals surface area contributed by atoms with E-state index in [-0.39, 0.29) is 17.8 Å². The van der Waals surface area contributed by atoms with Gasteiger partial charge in [0.05, 0.1) is 6.54 Å². The summed E-state index contributed by atoms with van der Waals surface area (Å²) >= 11 is 0. The molecule has 0 radical (unpaired) electrons. The molecule has 5 heteroatoms. The van der Waals surface area contributed by atoms with Crippen molar-refractivity contribution in [2.75, 3.05) is 4.90 Å². The first-order chi connectivity index (χ1) is 11.1. The minimum absolute atomic E-state index is 0.128. The second-order valence-electron chi connectivity index (χ2n) is 6.00. The number of carbonyl (C=O) groups excluding carboxylic acids is 1. The second kappa shape index (κ2) is 6.77. The zero-order valence-corrected chi connectivity index (χ0v) is 13.3. The topological polar surface area (TPSA) is 65.7 Å². The number of carbonyl (C=O) groups is 1. The van der Waals surface area contributed by atoms with E-state index in [1.165, 1.54) is 0 Å². The van der Waals surface area contributed by atoms with Crippen molar-refractivity contribution in [3.8, 4) is 5.75 Å². The van der Waals surface area contributed by atoms with Gasteiger partial charge in [0.2, 0.25) is 0 Å². The van der Waals surface area contributed by atoms with E-state index in [1.54, 1.807) is 24.3 Å². The third-order valence-electron chi connectivity index (χ3n) is 4.25. The zero-order valence-electron chi connectivity index (χ0n) is 13.3. The minimum atomic E-state index is -0.128. The molecule has 1 aromatic heterocycles. The maximum atomic E-state index is 12.7. The Morgan fingerprint density at radius 3 is 2.52 bits per heavy atom. The van der Waals surface area contributed by atoms with E-state index in [0.717, 1.165) is 42.9 Å². The number of furan rings is 1. The molecule has 1 aliphatic carbocycles. The van der Waals surface area contributed by atoms with Crippen LogP contribution in [-0.2, 0) is 6.54 Å². The summed E-state index contributed by atoms with van der Waals surface area (Å²) in [6.45, 7) is 2.25. The fourth-order valence-corrected chi connectivity index (χ4v) is 3.10. The molecular weight excluding hydrogens is 292 g/mol. The van der Waals surface area contributed by atoms with Crippen molar-refractivity contribution in [1.82, 2.24) is 5.32 Å².